The highest BCUT2D eigenvalue weighted by Gasteiger charge is 2.13. The quantitative estimate of drug-likeness (QED) is 0.632. The minimum absolute atomic E-state index is 0.207. The third-order valence-electron chi connectivity index (χ3n) is 3.99. The molecule has 0 spiro atoms. The third-order valence-corrected chi connectivity index (χ3v) is 4.68. The Morgan fingerprint density at radius 1 is 1.04 bits per heavy atom. The molecular formula is C21H26BrN. The Bertz CT molecular complexity index is 665. The van der Waals surface area contributed by atoms with Crippen molar-refractivity contribution in [2.75, 3.05) is 13.6 Å². The van der Waals surface area contributed by atoms with Crippen LogP contribution in [-0.2, 0) is 12.0 Å². The number of benzene rings is 2. The molecule has 2 heteroatoms. The molecule has 0 radical (unpaired) electrons. The van der Waals surface area contributed by atoms with Crippen LogP contribution < -0.4 is 0 Å². The van der Waals surface area contributed by atoms with Crippen molar-refractivity contribution >= 4 is 21.5 Å². The van der Waals surface area contributed by atoms with Gasteiger partial charge in [-0.05, 0) is 40.8 Å². The fourth-order valence-electron chi connectivity index (χ4n) is 2.64. The van der Waals surface area contributed by atoms with E-state index < -0.39 is 0 Å². The summed E-state index contributed by atoms with van der Waals surface area (Å²) in [5, 5.41) is 0. The molecule has 0 atom stereocenters. The molecule has 2 aromatic rings. The van der Waals surface area contributed by atoms with Gasteiger partial charge >= 0.3 is 0 Å². The average molecular weight is 372 g/mol. The first kappa shape index (κ1) is 18.0. The molecule has 0 aliphatic carbocycles. The molecule has 0 saturated carbocycles. The van der Waals surface area contributed by atoms with Crippen LogP contribution in [0.4, 0.5) is 0 Å². The lowest BCUT2D eigenvalue weighted by Gasteiger charge is -2.21. The minimum atomic E-state index is 0.207. The van der Waals surface area contributed by atoms with Crippen LogP contribution in [0.25, 0.3) is 5.57 Å². The van der Waals surface area contributed by atoms with Crippen LogP contribution in [-0.4, -0.2) is 18.5 Å². The largest absolute Gasteiger partial charge is 0.298 e. The van der Waals surface area contributed by atoms with Crippen molar-refractivity contribution in [3.05, 3.63) is 76.3 Å². The van der Waals surface area contributed by atoms with E-state index in [9.17, 15) is 0 Å². The molecule has 0 heterocycles. The van der Waals surface area contributed by atoms with E-state index in [1.165, 1.54) is 16.7 Å². The number of hydrogen-bond donors (Lipinski definition) is 0. The highest BCUT2D eigenvalue weighted by atomic mass is 79.9. The molecule has 0 saturated heterocycles. The van der Waals surface area contributed by atoms with Gasteiger partial charge in [-0.2, -0.15) is 0 Å². The van der Waals surface area contributed by atoms with Crippen molar-refractivity contribution in [3.8, 4) is 0 Å². The van der Waals surface area contributed by atoms with Crippen molar-refractivity contribution in [3.63, 3.8) is 0 Å². The Balaban J connectivity index is 1.98. The minimum Gasteiger partial charge on any atom is -0.298 e. The number of rotatable bonds is 5. The van der Waals surface area contributed by atoms with E-state index in [-0.39, 0.29) is 5.41 Å². The molecule has 122 valence electrons. The van der Waals surface area contributed by atoms with Crippen molar-refractivity contribution in [1.82, 2.24) is 4.90 Å². The summed E-state index contributed by atoms with van der Waals surface area (Å²) in [5.41, 5.74) is 5.23. The fraction of sp³-hybridized carbons (Fsp3) is 0.333. The Kier molecular flexibility index (Phi) is 5.83. The van der Waals surface area contributed by atoms with E-state index in [4.69, 9.17) is 0 Å². The van der Waals surface area contributed by atoms with Gasteiger partial charge < -0.3 is 0 Å². The number of nitrogens with zero attached hydrogens (tertiary/aromatic N) is 1. The van der Waals surface area contributed by atoms with Crippen molar-refractivity contribution in [1.29, 1.82) is 0 Å². The van der Waals surface area contributed by atoms with Crippen molar-refractivity contribution < 1.29 is 0 Å². The van der Waals surface area contributed by atoms with E-state index in [1.54, 1.807) is 0 Å². The molecule has 23 heavy (non-hydrogen) atoms. The Morgan fingerprint density at radius 3 is 2.22 bits per heavy atom. The summed E-state index contributed by atoms with van der Waals surface area (Å²) >= 11 is 3.60. The zero-order chi connectivity index (χ0) is 17.0. The van der Waals surface area contributed by atoms with Crippen LogP contribution in [0.1, 0.15) is 37.5 Å². The Morgan fingerprint density at radius 2 is 1.65 bits per heavy atom. The normalized spacial score (nSPS) is 11.7. The second-order valence-electron chi connectivity index (χ2n) is 7.20. The van der Waals surface area contributed by atoms with E-state index in [1.807, 2.05) is 6.07 Å². The van der Waals surface area contributed by atoms with Crippen LogP contribution >= 0.6 is 15.9 Å². The molecule has 0 aromatic heterocycles. The average Bonchev–Trinajstić information content (AvgIpc) is 2.47. The molecule has 0 aliphatic heterocycles. The second kappa shape index (κ2) is 7.46. The van der Waals surface area contributed by atoms with E-state index in [0.717, 1.165) is 23.1 Å². The highest BCUT2D eigenvalue weighted by molar-refractivity contribution is 9.10. The standard InChI is InChI=1S/C21H26BrN/c1-16(19-8-6-7-9-20(19)22)14-23(5)15-17-10-12-18(13-11-17)21(2,3)4/h6-13H,1,14-15H2,2-5H3. The van der Waals surface area contributed by atoms with E-state index >= 15 is 0 Å². The first-order valence-corrected chi connectivity index (χ1v) is 8.77. The summed E-state index contributed by atoms with van der Waals surface area (Å²) in [6, 6.07) is 17.2. The topological polar surface area (TPSA) is 3.24 Å². The van der Waals surface area contributed by atoms with Crippen LogP contribution in [0.15, 0.2) is 59.6 Å². The molecular weight excluding hydrogens is 346 g/mol. The third kappa shape index (κ3) is 5.05. The van der Waals surface area contributed by atoms with Gasteiger partial charge in [0.2, 0.25) is 0 Å². The Hall–Kier alpha value is -1.38. The zero-order valence-electron chi connectivity index (χ0n) is 14.6. The predicted octanol–water partition coefficient (Wildman–Crippen LogP) is 5.89. The lowest BCUT2D eigenvalue weighted by Crippen LogP contribution is -2.20. The summed E-state index contributed by atoms with van der Waals surface area (Å²) in [5.74, 6) is 0. The summed E-state index contributed by atoms with van der Waals surface area (Å²) < 4.78 is 1.10. The molecule has 0 unspecified atom stereocenters. The first-order valence-electron chi connectivity index (χ1n) is 7.98. The van der Waals surface area contributed by atoms with Crippen LogP contribution in [0.5, 0.6) is 0 Å². The SMILES string of the molecule is C=C(CN(C)Cc1ccc(C(C)(C)C)cc1)c1ccccc1Br. The van der Waals surface area contributed by atoms with Gasteiger partial charge in [0, 0.05) is 17.6 Å². The van der Waals surface area contributed by atoms with Gasteiger partial charge in [0.25, 0.3) is 0 Å². The number of likely N-dealkylation sites (N-methyl/N-ethyl adjacent to an activating group) is 1. The maximum Gasteiger partial charge on any atom is 0.0250 e. The van der Waals surface area contributed by atoms with E-state index in [2.05, 4.69) is 97.7 Å². The maximum absolute atomic E-state index is 4.24. The summed E-state index contributed by atoms with van der Waals surface area (Å²) in [4.78, 5) is 2.30. The summed E-state index contributed by atoms with van der Waals surface area (Å²) in [7, 11) is 2.14. The molecule has 2 aromatic carbocycles. The molecule has 2 rings (SSSR count). The number of halogens is 1. The van der Waals surface area contributed by atoms with Crippen LogP contribution in [0.2, 0.25) is 0 Å². The monoisotopic (exact) mass is 371 g/mol. The molecule has 0 N–H and O–H groups in total. The summed E-state index contributed by atoms with van der Waals surface area (Å²) in [6.07, 6.45) is 0. The Labute approximate surface area is 149 Å². The summed E-state index contributed by atoms with van der Waals surface area (Å²) in [6.45, 7) is 12.8. The molecule has 0 bridgehead atoms. The van der Waals surface area contributed by atoms with Gasteiger partial charge in [0.1, 0.15) is 0 Å². The number of hydrogen-bond acceptors (Lipinski definition) is 1. The molecule has 0 fully saturated rings. The molecule has 0 aliphatic rings. The highest BCUT2D eigenvalue weighted by Crippen LogP contribution is 2.24. The van der Waals surface area contributed by atoms with Crippen LogP contribution in [0, 0.1) is 0 Å². The van der Waals surface area contributed by atoms with Gasteiger partial charge in [0.15, 0.2) is 0 Å². The van der Waals surface area contributed by atoms with Gasteiger partial charge in [-0.25, -0.2) is 0 Å². The van der Waals surface area contributed by atoms with Gasteiger partial charge in [-0.1, -0.05) is 85.7 Å². The maximum atomic E-state index is 4.24. The van der Waals surface area contributed by atoms with Gasteiger partial charge in [-0.15, -0.1) is 0 Å². The van der Waals surface area contributed by atoms with Gasteiger partial charge in [0.05, 0.1) is 0 Å². The smallest absolute Gasteiger partial charge is 0.0250 e. The van der Waals surface area contributed by atoms with E-state index in [0.29, 0.717) is 0 Å². The van der Waals surface area contributed by atoms with Crippen molar-refractivity contribution in [2.45, 2.75) is 32.7 Å². The first-order chi connectivity index (χ1) is 10.8. The lowest BCUT2D eigenvalue weighted by atomic mass is 9.87. The zero-order valence-corrected chi connectivity index (χ0v) is 16.2. The van der Waals surface area contributed by atoms with Crippen molar-refractivity contribution in [2.24, 2.45) is 0 Å². The fourth-order valence-corrected chi connectivity index (χ4v) is 3.20. The second-order valence-corrected chi connectivity index (χ2v) is 8.06. The molecule has 0 amide bonds. The van der Waals surface area contributed by atoms with Gasteiger partial charge in [-0.3, -0.25) is 4.90 Å². The van der Waals surface area contributed by atoms with Crippen LogP contribution in [0.3, 0.4) is 0 Å². The predicted molar refractivity (Wildman–Crippen MR) is 105 cm³/mol. The lowest BCUT2D eigenvalue weighted by molar-refractivity contribution is 0.369. The molecule has 1 nitrogen and oxygen atoms in total.